The molecule has 1 fully saturated rings. The van der Waals surface area contributed by atoms with Gasteiger partial charge in [0.1, 0.15) is 0 Å². The first-order valence-corrected chi connectivity index (χ1v) is 5.16. The fourth-order valence-corrected chi connectivity index (χ4v) is 2.47. The molecule has 0 aromatic heterocycles. The van der Waals surface area contributed by atoms with Crippen LogP contribution in [0.1, 0.15) is 12.8 Å². The average Bonchev–Trinajstić information content (AvgIpc) is 2.51. The van der Waals surface area contributed by atoms with E-state index in [1.165, 1.54) is 18.9 Å². The zero-order valence-electron chi connectivity index (χ0n) is 7.15. The van der Waals surface area contributed by atoms with Gasteiger partial charge in [-0.15, -0.1) is 0 Å². The first kappa shape index (κ1) is 9.71. The monoisotopic (exact) mass is 193 g/mol. The highest BCUT2D eigenvalue weighted by Gasteiger charge is 2.38. The third-order valence-electron chi connectivity index (χ3n) is 1.81. The maximum absolute atomic E-state index is 11.6. The van der Waals surface area contributed by atoms with Gasteiger partial charge in [-0.2, -0.15) is 0 Å². The van der Waals surface area contributed by atoms with Crippen molar-refractivity contribution in [2.24, 2.45) is 0 Å². The summed E-state index contributed by atoms with van der Waals surface area (Å²) in [6.07, 6.45) is 1.15. The fourth-order valence-electron chi connectivity index (χ4n) is 1.16. The Bertz CT molecular complexity index is 222. The SMILES string of the molecule is COP(=O)(OC)N1CCCC1=O. The van der Waals surface area contributed by atoms with E-state index in [0.717, 1.165) is 6.42 Å². The van der Waals surface area contributed by atoms with Crippen molar-refractivity contribution in [3.05, 3.63) is 0 Å². The van der Waals surface area contributed by atoms with Gasteiger partial charge in [0.2, 0.25) is 5.91 Å². The average molecular weight is 193 g/mol. The number of carbonyl (C=O) groups is 1. The van der Waals surface area contributed by atoms with E-state index in [1.807, 2.05) is 0 Å². The first-order valence-electron chi connectivity index (χ1n) is 3.66. The van der Waals surface area contributed by atoms with Crippen LogP contribution in [0.15, 0.2) is 0 Å². The topological polar surface area (TPSA) is 55.8 Å². The van der Waals surface area contributed by atoms with Crippen molar-refractivity contribution in [2.75, 3.05) is 20.8 Å². The van der Waals surface area contributed by atoms with E-state index < -0.39 is 7.75 Å². The Balaban J connectivity index is 2.79. The van der Waals surface area contributed by atoms with Crippen LogP contribution < -0.4 is 0 Å². The van der Waals surface area contributed by atoms with Gasteiger partial charge in [0.05, 0.1) is 0 Å². The zero-order chi connectivity index (χ0) is 9.19. The molecule has 0 aromatic carbocycles. The number of hydrogen-bond donors (Lipinski definition) is 0. The van der Waals surface area contributed by atoms with Crippen LogP contribution >= 0.6 is 7.75 Å². The summed E-state index contributed by atoms with van der Waals surface area (Å²) in [6, 6.07) is 0. The van der Waals surface area contributed by atoms with E-state index in [9.17, 15) is 9.36 Å². The molecular weight excluding hydrogens is 181 g/mol. The number of rotatable bonds is 3. The second-order valence-electron chi connectivity index (χ2n) is 2.45. The van der Waals surface area contributed by atoms with E-state index in [2.05, 4.69) is 9.05 Å². The minimum Gasteiger partial charge on any atom is -0.295 e. The lowest BCUT2D eigenvalue weighted by atomic mass is 10.4. The van der Waals surface area contributed by atoms with Crippen molar-refractivity contribution in [1.29, 1.82) is 0 Å². The lowest BCUT2D eigenvalue weighted by Crippen LogP contribution is -2.22. The molecule has 0 radical (unpaired) electrons. The van der Waals surface area contributed by atoms with Crippen LogP contribution in [0.25, 0.3) is 0 Å². The molecule has 1 aliphatic rings. The van der Waals surface area contributed by atoms with E-state index >= 15 is 0 Å². The van der Waals surface area contributed by atoms with Crippen LogP contribution in [0.2, 0.25) is 0 Å². The van der Waals surface area contributed by atoms with Gasteiger partial charge in [0.25, 0.3) is 0 Å². The third-order valence-corrected chi connectivity index (χ3v) is 3.74. The maximum atomic E-state index is 11.6. The summed E-state index contributed by atoms with van der Waals surface area (Å²) in [4.78, 5) is 11.1. The normalized spacial score (nSPS) is 18.8. The zero-order valence-corrected chi connectivity index (χ0v) is 8.04. The Morgan fingerprint density at radius 2 is 2.00 bits per heavy atom. The largest absolute Gasteiger partial charge is 0.436 e. The highest BCUT2D eigenvalue weighted by atomic mass is 31.2. The van der Waals surface area contributed by atoms with Crippen molar-refractivity contribution < 1.29 is 18.4 Å². The number of nitrogens with zero attached hydrogens (tertiary/aromatic N) is 1. The van der Waals surface area contributed by atoms with E-state index in [1.54, 1.807) is 0 Å². The first-order chi connectivity index (χ1) is 5.64. The van der Waals surface area contributed by atoms with Crippen molar-refractivity contribution >= 4 is 13.7 Å². The predicted molar refractivity (Wildman–Crippen MR) is 42.6 cm³/mol. The molecule has 70 valence electrons. The molecule has 1 rings (SSSR count). The van der Waals surface area contributed by atoms with Crippen molar-refractivity contribution in [2.45, 2.75) is 12.8 Å². The summed E-state index contributed by atoms with van der Waals surface area (Å²) in [7, 11) is -0.754. The van der Waals surface area contributed by atoms with Crippen molar-refractivity contribution in [1.82, 2.24) is 4.67 Å². The summed E-state index contributed by atoms with van der Waals surface area (Å²) in [5.41, 5.74) is 0. The lowest BCUT2D eigenvalue weighted by molar-refractivity contribution is -0.124. The maximum Gasteiger partial charge on any atom is 0.436 e. The highest BCUT2D eigenvalue weighted by molar-refractivity contribution is 7.52. The van der Waals surface area contributed by atoms with Gasteiger partial charge in [0, 0.05) is 27.2 Å². The van der Waals surface area contributed by atoms with Gasteiger partial charge in [0.15, 0.2) is 0 Å². The molecule has 0 spiro atoms. The fraction of sp³-hybridized carbons (Fsp3) is 0.833. The molecule has 0 saturated carbocycles. The minimum absolute atomic E-state index is 0.165. The molecule has 1 heterocycles. The quantitative estimate of drug-likeness (QED) is 0.627. The molecule has 0 atom stereocenters. The van der Waals surface area contributed by atoms with Gasteiger partial charge in [-0.1, -0.05) is 0 Å². The molecule has 0 bridgehead atoms. The Hall–Kier alpha value is -0.380. The standard InChI is InChI=1S/C6H12NO4P/c1-10-12(9,11-2)7-5-3-4-6(7)8/h3-5H2,1-2H3. The summed E-state index contributed by atoms with van der Waals surface area (Å²) < 4.78 is 22.2. The lowest BCUT2D eigenvalue weighted by Gasteiger charge is -2.22. The molecular formula is C6H12NO4P. The number of hydrogen-bond acceptors (Lipinski definition) is 4. The number of carbonyl (C=O) groups excluding carboxylic acids is 1. The Labute approximate surface area is 71.2 Å². The smallest absolute Gasteiger partial charge is 0.295 e. The molecule has 1 amide bonds. The Kier molecular flexibility index (Phi) is 2.88. The second kappa shape index (κ2) is 3.56. The third kappa shape index (κ3) is 1.53. The Morgan fingerprint density at radius 1 is 1.42 bits per heavy atom. The summed E-state index contributed by atoms with van der Waals surface area (Å²) in [5.74, 6) is -0.165. The van der Waals surface area contributed by atoms with E-state index in [-0.39, 0.29) is 5.91 Å². The number of amides is 1. The van der Waals surface area contributed by atoms with Gasteiger partial charge in [-0.05, 0) is 6.42 Å². The van der Waals surface area contributed by atoms with Crippen LogP contribution in [0.3, 0.4) is 0 Å². The molecule has 0 aliphatic carbocycles. The second-order valence-corrected chi connectivity index (χ2v) is 4.60. The molecule has 12 heavy (non-hydrogen) atoms. The van der Waals surface area contributed by atoms with E-state index in [0.29, 0.717) is 13.0 Å². The van der Waals surface area contributed by atoms with Crippen LogP contribution in [0.4, 0.5) is 0 Å². The molecule has 0 aromatic rings. The predicted octanol–water partition coefficient (Wildman–Crippen LogP) is 1.01. The van der Waals surface area contributed by atoms with Crippen molar-refractivity contribution in [3.8, 4) is 0 Å². The van der Waals surface area contributed by atoms with E-state index in [4.69, 9.17) is 0 Å². The van der Waals surface area contributed by atoms with Gasteiger partial charge >= 0.3 is 7.75 Å². The van der Waals surface area contributed by atoms with Crippen molar-refractivity contribution in [3.63, 3.8) is 0 Å². The van der Waals surface area contributed by atoms with Gasteiger partial charge < -0.3 is 0 Å². The summed E-state index contributed by atoms with van der Waals surface area (Å²) in [6.45, 7) is 0.456. The molecule has 0 unspecified atom stereocenters. The summed E-state index contributed by atoms with van der Waals surface area (Å²) in [5, 5.41) is 0. The highest BCUT2D eigenvalue weighted by Crippen LogP contribution is 2.52. The minimum atomic E-state index is -3.30. The van der Waals surface area contributed by atoms with Crippen LogP contribution in [0.5, 0.6) is 0 Å². The molecule has 1 saturated heterocycles. The molecule has 1 aliphatic heterocycles. The van der Waals surface area contributed by atoms with Gasteiger partial charge in [-0.3, -0.25) is 13.8 Å². The van der Waals surface area contributed by atoms with Crippen LogP contribution in [-0.4, -0.2) is 31.3 Å². The van der Waals surface area contributed by atoms with Gasteiger partial charge in [-0.25, -0.2) is 9.24 Å². The van der Waals surface area contributed by atoms with Crippen LogP contribution in [-0.2, 0) is 18.4 Å². The molecule has 0 N–H and O–H groups in total. The van der Waals surface area contributed by atoms with Crippen LogP contribution in [0, 0.1) is 0 Å². The molecule has 6 heteroatoms. The summed E-state index contributed by atoms with van der Waals surface area (Å²) >= 11 is 0. The molecule has 5 nitrogen and oxygen atoms in total. The Morgan fingerprint density at radius 3 is 2.33 bits per heavy atom.